The second-order valence-electron chi connectivity index (χ2n) is 5.23. The van der Waals surface area contributed by atoms with Gasteiger partial charge in [0.15, 0.2) is 0 Å². The van der Waals surface area contributed by atoms with Crippen LogP contribution in [0.2, 0.25) is 0 Å². The first kappa shape index (κ1) is 15.5. The van der Waals surface area contributed by atoms with Crippen LogP contribution in [0.4, 0.5) is 5.69 Å². The Labute approximate surface area is 122 Å². The van der Waals surface area contributed by atoms with E-state index in [2.05, 4.69) is 0 Å². The van der Waals surface area contributed by atoms with E-state index in [1.807, 2.05) is 0 Å². The lowest BCUT2D eigenvalue weighted by molar-refractivity contribution is -0.117. The van der Waals surface area contributed by atoms with Gasteiger partial charge in [-0.3, -0.25) is 4.79 Å². The highest BCUT2D eigenvalue weighted by atomic mass is 32.2. The van der Waals surface area contributed by atoms with Gasteiger partial charge in [-0.05, 0) is 24.6 Å². The average Bonchev–Trinajstić information content (AvgIpc) is 2.66. The van der Waals surface area contributed by atoms with E-state index in [-0.39, 0.29) is 30.2 Å². The number of sulfonamides is 1. The highest BCUT2D eigenvalue weighted by molar-refractivity contribution is 7.89. The Morgan fingerprint density at radius 1 is 1.48 bits per heavy atom. The first-order valence-electron chi connectivity index (χ1n) is 6.32. The fourth-order valence-corrected chi connectivity index (χ4v) is 3.38. The van der Waals surface area contributed by atoms with Gasteiger partial charge in [-0.15, -0.1) is 0 Å². The summed E-state index contributed by atoms with van der Waals surface area (Å²) in [5, 5.41) is 14.2. The van der Waals surface area contributed by atoms with Gasteiger partial charge in [0.25, 0.3) is 0 Å². The number of aryl methyl sites for hydroxylation is 1. The van der Waals surface area contributed by atoms with Crippen LogP contribution in [0.15, 0.2) is 18.2 Å². The quantitative estimate of drug-likeness (QED) is 0.831. The third-order valence-corrected chi connectivity index (χ3v) is 4.28. The third kappa shape index (κ3) is 3.59. The number of carbonyl (C=O) groups is 2. The van der Waals surface area contributed by atoms with Gasteiger partial charge >= 0.3 is 5.97 Å². The number of hydrogen-bond acceptors (Lipinski definition) is 4. The van der Waals surface area contributed by atoms with Crippen molar-refractivity contribution < 1.29 is 23.1 Å². The topological polar surface area (TPSA) is 118 Å². The fraction of sp³-hybridized carbons (Fsp3) is 0.385. The number of carboxylic acid groups (broad SMARTS) is 1. The largest absolute Gasteiger partial charge is 0.478 e. The standard InChI is InChI=1S/C13H16N2O5S/c1-8-2-3-10(13(17)18)11(4-8)15-6-9(5-12(15)16)7-21(14,19)20/h2-4,9H,5-7H2,1H3,(H,17,18)(H2,14,19,20). The van der Waals surface area contributed by atoms with E-state index in [1.165, 1.54) is 11.0 Å². The number of aromatic carboxylic acids is 1. The predicted octanol–water partition coefficient (Wildman–Crippen LogP) is 0.335. The van der Waals surface area contributed by atoms with E-state index in [9.17, 15) is 23.1 Å². The molecule has 1 unspecified atom stereocenters. The minimum Gasteiger partial charge on any atom is -0.478 e. The zero-order valence-corrected chi connectivity index (χ0v) is 12.3. The normalized spacial score (nSPS) is 19.0. The van der Waals surface area contributed by atoms with Crippen LogP contribution in [0.3, 0.4) is 0 Å². The summed E-state index contributed by atoms with van der Waals surface area (Å²) in [7, 11) is -3.67. The molecule has 0 aliphatic carbocycles. The molecule has 1 aromatic rings. The summed E-state index contributed by atoms with van der Waals surface area (Å²) in [6.07, 6.45) is 0.0451. The molecule has 2 rings (SSSR count). The summed E-state index contributed by atoms with van der Waals surface area (Å²) in [5.74, 6) is -2.14. The number of nitrogens with two attached hydrogens (primary N) is 1. The molecule has 0 spiro atoms. The second kappa shape index (κ2) is 5.45. The third-order valence-electron chi connectivity index (χ3n) is 3.35. The maximum absolute atomic E-state index is 12.1. The molecule has 1 fully saturated rings. The van der Waals surface area contributed by atoms with Crippen molar-refractivity contribution in [2.24, 2.45) is 11.1 Å². The summed E-state index contributed by atoms with van der Waals surface area (Å²) in [6.45, 7) is 1.94. The molecule has 1 saturated heterocycles. The number of amides is 1. The maximum atomic E-state index is 12.1. The number of primary sulfonamides is 1. The van der Waals surface area contributed by atoms with E-state index in [0.29, 0.717) is 5.69 Å². The number of anilines is 1. The summed E-state index contributed by atoms with van der Waals surface area (Å²) in [4.78, 5) is 24.6. The molecule has 1 atom stereocenters. The minimum atomic E-state index is -3.67. The van der Waals surface area contributed by atoms with Crippen molar-refractivity contribution in [2.75, 3.05) is 17.2 Å². The minimum absolute atomic E-state index is 0.0187. The van der Waals surface area contributed by atoms with Crippen LogP contribution in [0.25, 0.3) is 0 Å². The SMILES string of the molecule is Cc1ccc(C(=O)O)c(N2CC(CS(N)(=O)=O)CC2=O)c1. The van der Waals surface area contributed by atoms with Crippen LogP contribution < -0.4 is 10.0 Å². The monoisotopic (exact) mass is 312 g/mol. The van der Waals surface area contributed by atoms with Crippen molar-refractivity contribution in [1.82, 2.24) is 0 Å². The van der Waals surface area contributed by atoms with Crippen LogP contribution in [-0.2, 0) is 14.8 Å². The summed E-state index contributed by atoms with van der Waals surface area (Å²) >= 11 is 0. The first-order valence-corrected chi connectivity index (χ1v) is 8.03. The van der Waals surface area contributed by atoms with Gasteiger partial charge in [0.1, 0.15) is 0 Å². The molecule has 1 heterocycles. The molecule has 0 radical (unpaired) electrons. The number of nitrogens with zero attached hydrogens (tertiary/aromatic N) is 1. The van der Waals surface area contributed by atoms with Gasteiger partial charge in [0, 0.05) is 18.9 Å². The molecule has 1 aliphatic rings. The van der Waals surface area contributed by atoms with E-state index in [0.717, 1.165) is 5.56 Å². The van der Waals surface area contributed by atoms with Crippen molar-refractivity contribution in [2.45, 2.75) is 13.3 Å². The summed E-state index contributed by atoms with van der Waals surface area (Å²) in [6, 6.07) is 4.70. The molecule has 21 heavy (non-hydrogen) atoms. The van der Waals surface area contributed by atoms with Crippen LogP contribution in [-0.4, -0.2) is 37.7 Å². The number of carboxylic acids is 1. The van der Waals surface area contributed by atoms with Gasteiger partial charge in [-0.1, -0.05) is 6.07 Å². The molecular weight excluding hydrogens is 296 g/mol. The molecule has 0 aromatic heterocycles. The zero-order chi connectivity index (χ0) is 15.8. The van der Waals surface area contributed by atoms with Crippen molar-refractivity contribution in [1.29, 1.82) is 0 Å². The van der Waals surface area contributed by atoms with Gasteiger partial charge in [-0.25, -0.2) is 18.4 Å². The average molecular weight is 312 g/mol. The number of hydrogen-bond donors (Lipinski definition) is 2. The molecule has 114 valence electrons. The Hall–Kier alpha value is -1.93. The summed E-state index contributed by atoms with van der Waals surface area (Å²) in [5.41, 5.74) is 1.13. The Balaban J connectivity index is 2.33. The van der Waals surface area contributed by atoms with Gasteiger partial charge in [0.2, 0.25) is 15.9 Å². The molecule has 8 heteroatoms. The van der Waals surface area contributed by atoms with Crippen molar-refractivity contribution >= 4 is 27.6 Å². The number of carbonyl (C=O) groups excluding carboxylic acids is 1. The van der Waals surface area contributed by atoms with Gasteiger partial charge in [0.05, 0.1) is 17.0 Å². The van der Waals surface area contributed by atoms with E-state index < -0.39 is 21.9 Å². The lowest BCUT2D eigenvalue weighted by Crippen LogP contribution is -2.28. The summed E-state index contributed by atoms with van der Waals surface area (Å²) < 4.78 is 22.2. The lowest BCUT2D eigenvalue weighted by Gasteiger charge is -2.19. The molecule has 1 amide bonds. The van der Waals surface area contributed by atoms with Crippen LogP contribution in [0.5, 0.6) is 0 Å². The highest BCUT2D eigenvalue weighted by Gasteiger charge is 2.34. The Morgan fingerprint density at radius 2 is 2.14 bits per heavy atom. The van der Waals surface area contributed by atoms with Gasteiger partial charge < -0.3 is 10.0 Å². The molecule has 0 bridgehead atoms. The van der Waals surface area contributed by atoms with Crippen molar-refractivity contribution in [3.8, 4) is 0 Å². The second-order valence-corrected chi connectivity index (χ2v) is 6.89. The van der Waals surface area contributed by atoms with Crippen LogP contribution in [0.1, 0.15) is 22.3 Å². The smallest absolute Gasteiger partial charge is 0.337 e. The highest BCUT2D eigenvalue weighted by Crippen LogP contribution is 2.29. The van der Waals surface area contributed by atoms with E-state index in [1.54, 1.807) is 19.1 Å². The van der Waals surface area contributed by atoms with Gasteiger partial charge in [-0.2, -0.15) is 0 Å². The molecule has 0 saturated carbocycles. The molecule has 7 nitrogen and oxygen atoms in total. The Bertz CT molecular complexity index is 699. The van der Waals surface area contributed by atoms with E-state index in [4.69, 9.17) is 5.14 Å². The maximum Gasteiger partial charge on any atom is 0.337 e. The first-order chi connectivity index (χ1) is 9.67. The van der Waals surface area contributed by atoms with E-state index >= 15 is 0 Å². The molecular formula is C13H16N2O5S. The predicted molar refractivity (Wildman–Crippen MR) is 76.6 cm³/mol. The number of rotatable bonds is 4. The van der Waals surface area contributed by atoms with Crippen molar-refractivity contribution in [3.05, 3.63) is 29.3 Å². The van der Waals surface area contributed by atoms with Crippen LogP contribution in [0, 0.1) is 12.8 Å². The molecule has 3 N–H and O–H groups in total. The van der Waals surface area contributed by atoms with Crippen LogP contribution >= 0.6 is 0 Å². The Morgan fingerprint density at radius 3 is 2.71 bits per heavy atom. The Kier molecular flexibility index (Phi) is 4.02. The van der Waals surface area contributed by atoms with Crippen molar-refractivity contribution in [3.63, 3.8) is 0 Å². The molecule has 1 aromatic carbocycles. The number of benzene rings is 1. The fourth-order valence-electron chi connectivity index (χ4n) is 2.50. The lowest BCUT2D eigenvalue weighted by atomic mass is 10.1. The molecule has 1 aliphatic heterocycles. The zero-order valence-electron chi connectivity index (χ0n) is 11.4.